The van der Waals surface area contributed by atoms with E-state index < -0.39 is 17.2 Å². The van der Waals surface area contributed by atoms with Gasteiger partial charge in [0.1, 0.15) is 52.5 Å². The summed E-state index contributed by atoms with van der Waals surface area (Å²) in [4.78, 5) is 92.5. The third kappa shape index (κ3) is 14.4. The Morgan fingerprint density at radius 2 is 1.52 bits per heavy atom. The number of pyridine rings is 1. The molecule has 4 amide bonds. The number of nitrogens with one attached hydrogen (secondary N) is 3. The number of piperidine rings is 2. The van der Waals surface area contributed by atoms with Gasteiger partial charge in [-0.2, -0.15) is 0 Å². The molecular weight excluding hydrogens is 1040 g/mol. The molecule has 0 spiro atoms. The smallest absolute Gasteiger partial charge is 0.408 e. The molecule has 0 radical (unpaired) electrons. The molecule has 21 nitrogen and oxygen atoms in total. The number of ether oxygens (including phenoxy) is 2. The number of piperazine rings is 2. The highest BCUT2D eigenvalue weighted by Gasteiger charge is 2.45. The second kappa shape index (κ2) is 25.8. The van der Waals surface area contributed by atoms with E-state index in [1.54, 1.807) is 33.2 Å². The van der Waals surface area contributed by atoms with E-state index >= 15 is 0 Å². The molecule has 4 aliphatic rings. The highest BCUT2D eigenvalue weighted by atomic mass is 16.6. The van der Waals surface area contributed by atoms with Crippen LogP contribution in [0.4, 0.5) is 10.6 Å². The van der Waals surface area contributed by atoms with Crippen LogP contribution in [0.1, 0.15) is 73.6 Å². The molecule has 82 heavy (non-hydrogen) atoms. The van der Waals surface area contributed by atoms with Gasteiger partial charge in [0, 0.05) is 103 Å². The van der Waals surface area contributed by atoms with Crippen molar-refractivity contribution in [2.75, 3.05) is 130 Å². The van der Waals surface area contributed by atoms with Crippen LogP contribution in [-0.2, 0) is 20.9 Å². The maximum atomic E-state index is 14.7. The molecular formula is C61H81N15O6. The number of amides is 4. The van der Waals surface area contributed by atoms with E-state index in [1.807, 2.05) is 102 Å². The van der Waals surface area contributed by atoms with Crippen LogP contribution in [0.5, 0.6) is 5.75 Å². The van der Waals surface area contributed by atoms with Crippen LogP contribution in [0, 0.1) is 12.8 Å². The van der Waals surface area contributed by atoms with Gasteiger partial charge >= 0.3 is 6.09 Å². The molecule has 4 aliphatic heterocycles. The van der Waals surface area contributed by atoms with Gasteiger partial charge in [-0.1, -0.05) is 48.0 Å². The molecule has 10 rings (SSSR count). The number of para-hydroxylation sites is 1. The number of benzene rings is 2. The van der Waals surface area contributed by atoms with Gasteiger partial charge < -0.3 is 49.3 Å². The Morgan fingerprint density at radius 1 is 0.805 bits per heavy atom. The van der Waals surface area contributed by atoms with Gasteiger partial charge in [0.15, 0.2) is 5.65 Å². The molecule has 4 saturated heterocycles. The average molecular weight is 1120 g/mol. The summed E-state index contributed by atoms with van der Waals surface area (Å²) in [5.74, 6) is 1.95. The number of carbonyl (C=O) groups excluding carboxylic acids is 4. The van der Waals surface area contributed by atoms with Crippen LogP contribution in [0.15, 0.2) is 91.7 Å². The number of imidazole rings is 1. The number of hydrogen-bond acceptors (Lipinski definition) is 15. The Bertz CT molecular complexity index is 3190. The number of aryl methyl sites for hydroxylation is 1. The highest BCUT2D eigenvalue weighted by molar-refractivity contribution is 5.97. The first-order valence-corrected chi connectivity index (χ1v) is 29.1. The number of H-pyrrole nitrogens is 1. The largest absolute Gasteiger partial charge is 0.492 e. The van der Waals surface area contributed by atoms with Gasteiger partial charge in [0.2, 0.25) is 11.8 Å². The lowest BCUT2D eigenvalue weighted by Gasteiger charge is -2.41. The van der Waals surface area contributed by atoms with E-state index in [2.05, 4.69) is 61.1 Å². The van der Waals surface area contributed by atoms with E-state index in [9.17, 15) is 19.2 Å². The minimum atomic E-state index is -1.26. The van der Waals surface area contributed by atoms with Crippen molar-refractivity contribution < 1.29 is 28.7 Å². The zero-order chi connectivity index (χ0) is 57.4. The molecule has 4 aromatic heterocycles. The Morgan fingerprint density at radius 3 is 2.26 bits per heavy atom. The number of fused-ring (bicyclic) bond motifs is 2. The number of aromatic amines is 1. The number of likely N-dealkylation sites (N-methyl/N-ethyl adjacent to an activating group) is 1. The third-order valence-electron chi connectivity index (χ3n) is 16.3. The van der Waals surface area contributed by atoms with Crippen LogP contribution in [0.25, 0.3) is 27.9 Å². The first-order chi connectivity index (χ1) is 39.5. The van der Waals surface area contributed by atoms with Gasteiger partial charge in [-0.05, 0) is 122 Å². The lowest BCUT2D eigenvalue weighted by molar-refractivity contribution is -0.134. The molecule has 0 atom stereocenters. The monoisotopic (exact) mass is 1120 g/mol. The fourth-order valence-electron chi connectivity index (χ4n) is 11.5. The molecule has 0 saturated carbocycles. The fourth-order valence-corrected chi connectivity index (χ4v) is 11.5. The van der Waals surface area contributed by atoms with Crippen molar-refractivity contribution >= 4 is 57.5 Å². The van der Waals surface area contributed by atoms with E-state index in [0.717, 1.165) is 96.9 Å². The van der Waals surface area contributed by atoms with E-state index in [-0.39, 0.29) is 17.7 Å². The Hall–Kier alpha value is -7.46. The number of anilines is 1. The van der Waals surface area contributed by atoms with Crippen LogP contribution >= 0.6 is 0 Å². The van der Waals surface area contributed by atoms with E-state index in [1.165, 1.54) is 6.33 Å². The summed E-state index contributed by atoms with van der Waals surface area (Å²) >= 11 is 0. The molecule has 2 aromatic carbocycles. The van der Waals surface area contributed by atoms with Crippen LogP contribution in [0.2, 0.25) is 0 Å². The zero-order valence-corrected chi connectivity index (χ0v) is 48.6. The second-order valence-electron chi connectivity index (χ2n) is 23.7. The standard InChI is InChI=1S/C61H81N15O6/c1-44-11-13-46(14-12-44)49(67-58(79)61(68-59(80)82-60(2,3)4)21-27-74(28-22-61)55-48-17-23-62-54(48)63-42-64-55)20-26-70-29-33-73(34-30-70)53(77)41-71-24-18-45(19-25-71)39-72-31-35-75(36-32-72)57(78)51-16-15-50-56(66-51)76(43-65-50)40-47-9-7-8-10-52(47)81-38-37-69(5)6/h7-17,20,23,42-43,45H,18-19,21-22,24-41H2,1-6H3,(H,67,79)(H,68,80)(H,62,63,64)/b49-20+. The zero-order valence-electron chi connectivity index (χ0n) is 48.6. The maximum Gasteiger partial charge on any atom is 0.408 e. The predicted molar refractivity (Wildman–Crippen MR) is 316 cm³/mol. The molecule has 0 unspecified atom stereocenters. The first-order valence-electron chi connectivity index (χ1n) is 29.1. The van der Waals surface area contributed by atoms with Crippen molar-refractivity contribution in [2.45, 2.75) is 71.1 Å². The number of hydrogen-bond donors (Lipinski definition) is 3. The van der Waals surface area contributed by atoms with E-state index in [0.29, 0.717) is 114 Å². The summed E-state index contributed by atoms with van der Waals surface area (Å²) in [6.45, 7) is 19.7. The van der Waals surface area contributed by atoms with Gasteiger partial charge in [-0.15, -0.1) is 0 Å². The molecule has 3 N–H and O–H groups in total. The lowest BCUT2D eigenvalue weighted by Crippen LogP contribution is -2.63. The number of rotatable bonds is 18. The van der Waals surface area contributed by atoms with Gasteiger partial charge in [0.05, 0.1) is 24.8 Å². The number of nitrogens with zero attached hydrogens (tertiary/aromatic N) is 12. The molecule has 6 aromatic rings. The average Bonchev–Trinajstić information content (AvgIpc) is 4.26. The normalized spacial score (nSPS) is 18.1. The molecule has 21 heteroatoms. The van der Waals surface area contributed by atoms with Gasteiger partial charge in [0.25, 0.3) is 5.91 Å². The Labute approximate surface area is 481 Å². The summed E-state index contributed by atoms with van der Waals surface area (Å²) < 4.78 is 13.8. The summed E-state index contributed by atoms with van der Waals surface area (Å²) in [5, 5.41) is 7.17. The van der Waals surface area contributed by atoms with Gasteiger partial charge in [-0.3, -0.25) is 29.1 Å². The summed E-state index contributed by atoms with van der Waals surface area (Å²) in [6.07, 6.45) is 9.27. The number of alkyl carbamates (subject to hydrolysis) is 1. The van der Waals surface area contributed by atoms with Crippen molar-refractivity contribution in [3.8, 4) is 5.75 Å². The Kier molecular flexibility index (Phi) is 18.2. The number of carbonyl (C=O) groups is 4. The number of likely N-dealkylation sites (tertiary alicyclic amines) is 1. The Balaban J connectivity index is 0.675. The molecule has 4 fully saturated rings. The minimum Gasteiger partial charge on any atom is -0.492 e. The third-order valence-corrected chi connectivity index (χ3v) is 16.3. The molecule has 0 bridgehead atoms. The maximum absolute atomic E-state index is 14.7. The topological polar surface area (TPSA) is 206 Å². The second-order valence-corrected chi connectivity index (χ2v) is 23.7. The van der Waals surface area contributed by atoms with Crippen molar-refractivity contribution in [1.82, 2.24) is 69.5 Å². The van der Waals surface area contributed by atoms with Crippen molar-refractivity contribution in [3.63, 3.8) is 0 Å². The lowest BCUT2D eigenvalue weighted by atomic mass is 9.86. The van der Waals surface area contributed by atoms with Crippen LogP contribution in [-0.4, -0.2) is 219 Å². The predicted octanol–water partition coefficient (Wildman–Crippen LogP) is 5.33. The van der Waals surface area contributed by atoms with Crippen LogP contribution < -0.4 is 20.3 Å². The summed E-state index contributed by atoms with van der Waals surface area (Å²) in [7, 11) is 4.05. The fraction of sp³-hybridized carbons (Fsp3) is 0.508. The molecule has 0 aliphatic carbocycles. The summed E-state index contributed by atoms with van der Waals surface area (Å²) in [5.41, 5.74) is 4.22. The van der Waals surface area contributed by atoms with E-state index in [4.69, 9.17) is 14.5 Å². The van der Waals surface area contributed by atoms with Crippen molar-refractivity contribution in [1.29, 1.82) is 0 Å². The molecule has 436 valence electrons. The van der Waals surface area contributed by atoms with Gasteiger partial charge in [-0.25, -0.2) is 24.7 Å². The summed E-state index contributed by atoms with van der Waals surface area (Å²) in [6, 6.07) is 21.7. The molecule has 8 heterocycles. The first kappa shape index (κ1) is 57.8. The van der Waals surface area contributed by atoms with Crippen molar-refractivity contribution in [3.05, 3.63) is 114 Å². The quantitative estimate of drug-likeness (QED) is 0.0995. The number of aromatic nitrogens is 6. The minimum absolute atomic E-state index is 0.0569. The van der Waals surface area contributed by atoms with Crippen molar-refractivity contribution in [2.24, 2.45) is 5.92 Å². The van der Waals surface area contributed by atoms with Crippen LogP contribution in [0.3, 0.4) is 0 Å². The highest BCUT2D eigenvalue weighted by Crippen LogP contribution is 2.31. The SMILES string of the molecule is Cc1ccc(/C(=C\CN2CCN(C(=O)CN3CCC(CN4CCN(C(=O)c5ccc6ncn(Cc7ccccc7OCCN(C)C)c6n5)CC4)CC3)CC2)NC(=O)C2(NC(=O)OC(C)(C)C)CCN(c3ncnc4[nH]ccc34)CC2)cc1.